The lowest BCUT2D eigenvalue weighted by Gasteiger charge is -2.21. The summed E-state index contributed by atoms with van der Waals surface area (Å²) in [5.74, 6) is -0.379. The summed E-state index contributed by atoms with van der Waals surface area (Å²) in [5.41, 5.74) is 1.09. The third-order valence-electron chi connectivity index (χ3n) is 3.12. The SMILES string of the molecule is C[C@H](NC(=O)OC(C)(C)C)C(=O)Nc1cn(C)nc1-c1ccccn1. The maximum Gasteiger partial charge on any atom is 0.408 e. The van der Waals surface area contributed by atoms with Crippen LogP contribution in [0.25, 0.3) is 11.4 Å². The van der Waals surface area contributed by atoms with Crippen LogP contribution in [0.1, 0.15) is 27.7 Å². The van der Waals surface area contributed by atoms with Crippen molar-refractivity contribution in [2.75, 3.05) is 5.32 Å². The number of aromatic nitrogens is 3. The third-order valence-corrected chi connectivity index (χ3v) is 3.12. The number of amides is 2. The van der Waals surface area contributed by atoms with Crippen molar-refractivity contribution in [1.82, 2.24) is 20.1 Å². The van der Waals surface area contributed by atoms with Gasteiger partial charge in [0, 0.05) is 19.4 Å². The topological polar surface area (TPSA) is 98.1 Å². The highest BCUT2D eigenvalue weighted by molar-refractivity contribution is 5.98. The number of hydrogen-bond acceptors (Lipinski definition) is 5. The molecule has 8 nitrogen and oxygen atoms in total. The molecule has 0 aliphatic carbocycles. The highest BCUT2D eigenvalue weighted by atomic mass is 16.6. The number of rotatable bonds is 4. The van der Waals surface area contributed by atoms with Gasteiger partial charge in [-0.3, -0.25) is 14.5 Å². The van der Waals surface area contributed by atoms with E-state index in [0.29, 0.717) is 17.1 Å². The summed E-state index contributed by atoms with van der Waals surface area (Å²) in [6.07, 6.45) is 2.69. The molecule has 0 fully saturated rings. The third kappa shape index (κ3) is 5.30. The average molecular weight is 345 g/mol. The first-order chi connectivity index (χ1) is 11.7. The molecule has 0 aliphatic rings. The second kappa shape index (κ2) is 7.33. The van der Waals surface area contributed by atoms with Crippen LogP contribution in [0.15, 0.2) is 30.6 Å². The van der Waals surface area contributed by atoms with Crippen LogP contribution in [0.3, 0.4) is 0 Å². The monoisotopic (exact) mass is 345 g/mol. The molecule has 1 atom stereocenters. The number of carbonyl (C=O) groups excluding carboxylic acids is 2. The molecule has 0 saturated carbocycles. The van der Waals surface area contributed by atoms with E-state index in [1.165, 1.54) is 0 Å². The number of hydrogen-bond donors (Lipinski definition) is 2. The van der Waals surface area contributed by atoms with Gasteiger partial charge in [-0.05, 0) is 39.8 Å². The molecule has 2 aromatic rings. The highest BCUT2D eigenvalue weighted by Gasteiger charge is 2.22. The second-order valence-electron chi connectivity index (χ2n) is 6.64. The highest BCUT2D eigenvalue weighted by Crippen LogP contribution is 2.24. The van der Waals surface area contributed by atoms with Crippen molar-refractivity contribution in [2.24, 2.45) is 7.05 Å². The van der Waals surface area contributed by atoms with E-state index >= 15 is 0 Å². The fraction of sp³-hybridized carbons (Fsp3) is 0.412. The molecule has 2 aromatic heterocycles. The Labute approximate surface area is 146 Å². The lowest BCUT2D eigenvalue weighted by Crippen LogP contribution is -2.44. The molecule has 8 heteroatoms. The van der Waals surface area contributed by atoms with Crippen molar-refractivity contribution in [3.8, 4) is 11.4 Å². The first-order valence-corrected chi connectivity index (χ1v) is 7.91. The van der Waals surface area contributed by atoms with E-state index in [1.807, 2.05) is 6.07 Å². The molecule has 2 heterocycles. The maximum atomic E-state index is 12.4. The van der Waals surface area contributed by atoms with Crippen molar-refractivity contribution in [3.05, 3.63) is 30.6 Å². The predicted octanol–water partition coefficient (Wildman–Crippen LogP) is 2.33. The normalized spacial score (nSPS) is 12.4. The Morgan fingerprint density at radius 1 is 1.28 bits per heavy atom. The van der Waals surface area contributed by atoms with Crippen molar-refractivity contribution < 1.29 is 14.3 Å². The van der Waals surface area contributed by atoms with Gasteiger partial charge in [-0.15, -0.1) is 0 Å². The van der Waals surface area contributed by atoms with Gasteiger partial charge in [-0.2, -0.15) is 5.10 Å². The molecule has 2 rings (SSSR count). The van der Waals surface area contributed by atoms with Crippen molar-refractivity contribution in [2.45, 2.75) is 39.3 Å². The van der Waals surface area contributed by atoms with E-state index in [0.717, 1.165) is 0 Å². The lowest BCUT2D eigenvalue weighted by molar-refractivity contribution is -0.117. The van der Waals surface area contributed by atoms with E-state index in [9.17, 15) is 9.59 Å². The van der Waals surface area contributed by atoms with Gasteiger partial charge in [-0.1, -0.05) is 6.07 Å². The van der Waals surface area contributed by atoms with Gasteiger partial charge in [0.05, 0.1) is 11.4 Å². The molecule has 0 aliphatic heterocycles. The standard InChI is InChI=1S/C17H23N5O3/c1-11(19-16(24)25-17(2,3)4)15(23)20-13-10-22(5)21-14(13)12-8-6-7-9-18-12/h6-11H,1-5H3,(H,19,24)(H,20,23)/t11-/m0/s1. The van der Waals surface area contributed by atoms with Gasteiger partial charge in [-0.25, -0.2) is 4.79 Å². The Balaban J connectivity index is 2.07. The van der Waals surface area contributed by atoms with Crippen molar-refractivity contribution in [1.29, 1.82) is 0 Å². The van der Waals surface area contributed by atoms with Gasteiger partial charge in [0.15, 0.2) is 0 Å². The molecule has 0 bridgehead atoms. The van der Waals surface area contributed by atoms with Crippen LogP contribution in [0, 0.1) is 0 Å². The summed E-state index contributed by atoms with van der Waals surface area (Å²) < 4.78 is 6.74. The first kappa shape index (κ1) is 18.4. The summed E-state index contributed by atoms with van der Waals surface area (Å²) in [4.78, 5) is 28.4. The zero-order chi connectivity index (χ0) is 18.6. The number of nitrogens with zero attached hydrogens (tertiary/aromatic N) is 3. The Kier molecular flexibility index (Phi) is 5.41. The van der Waals surface area contributed by atoms with Crippen molar-refractivity contribution >= 4 is 17.7 Å². The summed E-state index contributed by atoms with van der Waals surface area (Å²) in [6, 6.07) is 4.68. The van der Waals surface area contributed by atoms with E-state index in [1.54, 1.807) is 64.0 Å². The van der Waals surface area contributed by atoms with Crippen LogP contribution in [0.2, 0.25) is 0 Å². The Morgan fingerprint density at radius 2 is 2.00 bits per heavy atom. The second-order valence-corrected chi connectivity index (χ2v) is 6.64. The number of carbonyl (C=O) groups is 2. The molecule has 0 spiro atoms. The van der Waals surface area contributed by atoms with Crippen molar-refractivity contribution in [3.63, 3.8) is 0 Å². The molecule has 2 N–H and O–H groups in total. The maximum absolute atomic E-state index is 12.4. The van der Waals surface area contributed by atoms with E-state index < -0.39 is 17.7 Å². The summed E-state index contributed by atoms with van der Waals surface area (Å²) in [7, 11) is 1.75. The summed E-state index contributed by atoms with van der Waals surface area (Å²) >= 11 is 0. The van der Waals surface area contributed by atoms with Gasteiger partial charge in [0.25, 0.3) is 0 Å². The molecule has 0 radical (unpaired) electrons. The Hall–Kier alpha value is -2.90. The molecular weight excluding hydrogens is 322 g/mol. The Bertz CT molecular complexity index is 749. The number of ether oxygens (including phenoxy) is 1. The summed E-state index contributed by atoms with van der Waals surface area (Å²) in [6.45, 7) is 6.85. The van der Waals surface area contributed by atoms with Gasteiger partial charge < -0.3 is 15.4 Å². The quantitative estimate of drug-likeness (QED) is 0.886. The zero-order valence-corrected chi connectivity index (χ0v) is 15.0. The predicted molar refractivity (Wildman–Crippen MR) is 93.9 cm³/mol. The molecule has 0 aromatic carbocycles. The van der Waals surface area contributed by atoms with E-state index in [-0.39, 0.29) is 5.91 Å². The van der Waals surface area contributed by atoms with Crippen LogP contribution in [0.5, 0.6) is 0 Å². The molecule has 25 heavy (non-hydrogen) atoms. The number of alkyl carbamates (subject to hydrolysis) is 1. The number of aryl methyl sites for hydroxylation is 1. The lowest BCUT2D eigenvalue weighted by atomic mass is 10.2. The van der Waals surface area contributed by atoms with E-state index in [4.69, 9.17) is 4.74 Å². The number of pyridine rings is 1. The van der Waals surface area contributed by atoms with Crippen LogP contribution >= 0.6 is 0 Å². The number of anilines is 1. The van der Waals surface area contributed by atoms with Gasteiger partial charge in [0.1, 0.15) is 17.3 Å². The van der Waals surface area contributed by atoms with Gasteiger partial charge >= 0.3 is 6.09 Å². The molecule has 134 valence electrons. The Morgan fingerprint density at radius 3 is 2.60 bits per heavy atom. The van der Waals surface area contributed by atoms with Crippen LogP contribution in [-0.4, -0.2) is 38.4 Å². The molecular formula is C17H23N5O3. The fourth-order valence-electron chi connectivity index (χ4n) is 2.06. The largest absolute Gasteiger partial charge is 0.444 e. The van der Waals surface area contributed by atoms with Crippen LogP contribution < -0.4 is 10.6 Å². The molecule has 2 amide bonds. The molecule has 0 saturated heterocycles. The van der Waals surface area contributed by atoms with Crippen LogP contribution in [0.4, 0.5) is 10.5 Å². The summed E-state index contributed by atoms with van der Waals surface area (Å²) in [5, 5.41) is 9.60. The number of nitrogens with one attached hydrogen (secondary N) is 2. The zero-order valence-electron chi connectivity index (χ0n) is 15.0. The smallest absolute Gasteiger partial charge is 0.408 e. The average Bonchev–Trinajstić information content (AvgIpc) is 2.86. The minimum absolute atomic E-state index is 0.379. The molecule has 0 unspecified atom stereocenters. The first-order valence-electron chi connectivity index (χ1n) is 7.91. The minimum atomic E-state index is -0.772. The minimum Gasteiger partial charge on any atom is -0.444 e. The van der Waals surface area contributed by atoms with E-state index in [2.05, 4.69) is 20.7 Å². The fourth-order valence-corrected chi connectivity index (χ4v) is 2.06. The van der Waals surface area contributed by atoms with Gasteiger partial charge in [0.2, 0.25) is 5.91 Å². The van der Waals surface area contributed by atoms with Crippen LogP contribution in [-0.2, 0) is 16.6 Å².